The van der Waals surface area contributed by atoms with Gasteiger partial charge in [0.25, 0.3) is 0 Å². The van der Waals surface area contributed by atoms with Gasteiger partial charge in [0.05, 0.1) is 6.20 Å². The zero-order chi connectivity index (χ0) is 11.5. The Bertz CT molecular complexity index is 537. The van der Waals surface area contributed by atoms with Crippen molar-refractivity contribution >= 4 is 0 Å². The average Bonchev–Trinajstić information content (AvgIpc) is 2.81. The van der Waals surface area contributed by atoms with E-state index in [1.807, 2.05) is 12.4 Å². The fourth-order valence-electron chi connectivity index (χ4n) is 1.89. The van der Waals surface area contributed by atoms with Crippen molar-refractivity contribution in [3.05, 3.63) is 42.2 Å². The topological polar surface area (TPSA) is 28.7 Å². The van der Waals surface area contributed by atoms with Crippen molar-refractivity contribution in [1.29, 1.82) is 0 Å². The van der Waals surface area contributed by atoms with Gasteiger partial charge >= 0.3 is 0 Å². The van der Waals surface area contributed by atoms with Gasteiger partial charge in [-0.05, 0) is 30.5 Å². The molecule has 0 amide bonds. The van der Waals surface area contributed by atoms with Crippen LogP contribution < -0.4 is 0 Å². The zero-order valence-electron chi connectivity index (χ0n) is 9.61. The summed E-state index contributed by atoms with van der Waals surface area (Å²) in [5.74, 6) is 7.21. The number of nitrogens with one attached hydrogen (secondary N) is 1. The van der Waals surface area contributed by atoms with Crippen molar-refractivity contribution in [2.45, 2.75) is 19.3 Å². The number of aromatic nitrogens is 2. The molecule has 3 rings (SSSR count). The monoisotopic (exact) mass is 222 g/mol. The van der Waals surface area contributed by atoms with Gasteiger partial charge in [-0.25, -0.2) is 0 Å². The third kappa shape index (κ3) is 2.24. The third-order valence-electron chi connectivity index (χ3n) is 3.24. The molecule has 0 atom stereocenters. The van der Waals surface area contributed by atoms with E-state index in [2.05, 4.69) is 46.3 Å². The first-order valence-electron chi connectivity index (χ1n) is 6.02. The van der Waals surface area contributed by atoms with E-state index in [0.717, 1.165) is 11.1 Å². The summed E-state index contributed by atoms with van der Waals surface area (Å²) in [5.41, 5.74) is 3.39. The highest BCUT2D eigenvalue weighted by atomic mass is 15.1. The van der Waals surface area contributed by atoms with E-state index < -0.39 is 0 Å². The van der Waals surface area contributed by atoms with E-state index in [1.165, 1.54) is 24.8 Å². The second-order valence-electron chi connectivity index (χ2n) is 4.46. The Hall–Kier alpha value is -2.01. The number of rotatable bonds is 1. The molecule has 0 spiro atoms. The molecule has 2 aromatic rings. The quantitative estimate of drug-likeness (QED) is 0.737. The minimum Gasteiger partial charge on any atom is -0.285 e. The summed E-state index contributed by atoms with van der Waals surface area (Å²) in [6.07, 6.45) is 7.63. The van der Waals surface area contributed by atoms with E-state index in [-0.39, 0.29) is 0 Å². The lowest BCUT2D eigenvalue weighted by atomic mass is 9.86. The minimum atomic E-state index is 0.642. The summed E-state index contributed by atoms with van der Waals surface area (Å²) in [4.78, 5) is 0. The van der Waals surface area contributed by atoms with Gasteiger partial charge in [0.2, 0.25) is 0 Å². The summed E-state index contributed by atoms with van der Waals surface area (Å²) < 4.78 is 0. The minimum absolute atomic E-state index is 0.642. The van der Waals surface area contributed by atoms with Crippen molar-refractivity contribution in [1.82, 2.24) is 10.2 Å². The van der Waals surface area contributed by atoms with E-state index in [9.17, 15) is 0 Å². The highest BCUT2D eigenvalue weighted by Gasteiger charge is 2.13. The standard InChI is InChI=1S/C15H14N2/c1-2-12(3-1)4-5-13-6-8-14(9-7-13)15-10-16-17-11-15/h6-12H,1-3H2,(H,16,17). The lowest BCUT2D eigenvalue weighted by Crippen LogP contribution is -2.07. The molecule has 1 aliphatic carbocycles. The van der Waals surface area contributed by atoms with E-state index in [0.29, 0.717) is 5.92 Å². The molecule has 2 nitrogen and oxygen atoms in total. The molecule has 1 aromatic carbocycles. The van der Waals surface area contributed by atoms with Crippen LogP contribution in [0.25, 0.3) is 11.1 Å². The summed E-state index contributed by atoms with van der Waals surface area (Å²) in [7, 11) is 0. The van der Waals surface area contributed by atoms with Crippen molar-refractivity contribution in [2.24, 2.45) is 5.92 Å². The van der Waals surface area contributed by atoms with Gasteiger partial charge < -0.3 is 0 Å². The molecule has 84 valence electrons. The predicted molar refractivity (Wildman–Crippen MR) is 68.2 cm³/mol. The number of hydrogen-bond acceptors (Lipinski definition) is 1. The summed E-state index contributed by atoms with van der Waals surface area (Å²) in [6, 6.07) is 8.34. The molecule has 1 N–H and O–H groups in total. The lowest BCUT2D eigenvalue weighted by Gasteiger charge is -2.18. The van der Waals surface area contributed by atoms with E-state index in [4.69, 9.17) is 0 Å². The van der Waals surface area contributed by atoms with E-state index >= 15 is 0 Å². The third-order valence-corrected chi connectivity index (χ3v) is 3.24. The van der Waals surface area contributed by atoms with Crippen LogP contribution in [-0.2, 0) is 0 Å². The summed E-state index contributed by atoms with van der Waals surface area (Å²) in [6.45, 7) is 0. The molecule has 0 aliphatic heterocycles. The Kier molecular flexibility index (Phi) is 2.67. The fourth-order valence-corrected chi connectivity index (χ4v) is 1.89. The highest BCUT2D eigenvalue weighted by Crippen LogP contribution is 2.25. The maximum atomic E-state index is 3.95. The Balaban J connectivity index is 1.77. The highest BCUT2D eigenvalue weighted by molar-refractivity contribution is 5.62. The van der Waals surface area contributed by atoms with Crippen LogP contribution in [0.5, 0.6) is 0 Å². The van der Waals surface area contributed by atoms with Crippen molar-refractivity contribution < 1.29 is 0 Å². The normalized spacial score (nSPS) is 14.8. The van der Waals surface area contributed by atoms with Crippen LogP contribution in [-0.4, -0.2) is 10.2 Å². The molecule has 17 heavy (non-hydrogen) atoms. The molecule has 1 heterocycles. The fraction of sp³-hybridized carbons (Fsp3) is 0.267. The first-order chi connectivity index (χ1) is 8.42. The van der Waals surface area contributed by atoms with Crippen LogP contribution in [0.2, 0.25) is 0 Å². The molecule has 1 aromatic heterocycles. The molecule has 1 fully saturated rings. The molecule has 0 radical (unpaired) electrons. The van der Waals surface area contributed by atoms with Crippen LogP contribution >= 0.6 is 0 Å². The molecule has 0 bridgehead atoms. The van der Waals surface area contributed by atoms with Crippen LogP contribution in [0.4, 0.5) is 0 Å². The number of H-pyrrole nitrogens is 1. The average molecular weight is 222 g/mol. The Morgan fingerprint density at radius 2 is 1.94 bits per heavy atom. The zero-order valence-corrected chi connectivity index (χ0v) is 9.61. The Morgan fingerprint density at radius 1 is 1.12 bits per heavy atom. The first kappa shape index (κ1) is 10.2. The molecule has 2 heteroatoms. The maximum Gasteiger partial charge on any atom is 0.0565 e. The second-order valence-corrected chi connectivity index (χ2v) is 4.46. The number of hydrogen-bond donors (Lipinski definition) is 1. The maximum absolute atomic E-state index is 3.95. The largest absolute Gasteiger partial charge is 0.285 e. The SMILES string of the molecule is C(#CC1CCC1)c1ccc(-c2cn[nH]c2)cc1. The molecular weight excluding hydrogens is 208 g/mol. The van der Waals surface area contributed by atoms with Gasteiger partial charge in [0, 0.05) is 23.2 Å². The van der Waals surface area contributed by atoms with Crippen LogP contribution in [0.1, 0.15) is 24.8 Å². The van der Waals surface area contributed by atoms with Crippen molar-refractivity contribution in [2.75, 3.05) is 0 Å². The molecule has 0 unspecified atom stereocenters. The van der Waals surface area contributed by atoms with Crippen molar-refractivity contribution in [3.63, 3.8) is 0 Å². The number of benzene rings is 1. The van der Waals surface area contributed by atoms with Crippen LogP contribution in [0, 0.1) is 17.8 Å². The molecule has 0 saturated heterocycles. The van der Waals surface area contributed by atoms with Gasteiger partial charge in [0.1, 0.15) is 0 Å². The second kappa shape index (κ2) is 4.47. The molecule has 1 aliphatic rings. The Labute approximate surface area is 101 Å². The van der Waals surface area contributed by atoms with Gasteiger partial charge in [-0.2, -0.15) is 5.10 Å². The van der Waals surface area contributed by atoms with Gasteiger partial charge in [-0.3, -0.25) is 5.10 Å². The number of nitrogens with zero attached hydrogens (tertiary/aromatic N) is 1. The van der Waals surface area contributed by atoms with Crippen molar-refractivity contribution in [3.8, 4) is 23.0 Å². The summed E-state index contributed by atoms with van der Waals surface area (Å²) >= 11 is 0. The predicted octanol–water partition coefficient (Wildman–Crippen LogP) is 3.23. The first-order valence-corrected chi connectivity index (χ1v) is 6.02. The van der Waals surface area contributed by atoms with Gasteiger partial charge in [0.15, 0.2) is 0 Å². The van der Waals surface area contributed by atoms with Gasteiger partial charge in [-0.1, -0.05) is 30.4 Å². The Morgan fingerprint density at radius 3 is 2.53 bits per heavy atom. The summed E-state index contributed by atoms with van der Waals surface area (Å²) in [5, 5.41) is 6.77. The van der Waals surface area contributed by atoms with Crippen LogP contribution in [0.3, 0.4) is 0 Å². The lowest BCUT2D eigenvalue weighted by molar-refractivity contribution is 0.401. The van der Waals surface area contributed by atoms with E-state index in [1.54, 1.807) is 0 Å². The van der Waals surface area contributed by atoms with Gasteiger partial charge in [-0.15, -0.1) is 0 Å². The number of aromatic amines is 1. The molecular formula is C15H14N2. The molecule has 1 saturated carbocycles. The smallest absolute Gasteiger partial charge is 0.0565 e. The van der Waals surface area contributed by atoms with Crippen LogP contribution in [0.15, 0.2) is 36.7 Å².